The molecule has 0 aliphatic rings. The molecular weight excluding hydrogens is 330 g/mol. The van der Waals surface area contributed by atoms with Crippen molar-refractivity contribution in [1.82, 2.24) is 15.6 Å². The van der Waals surface area contributed by atoms with Crippen LogP contribution in [0.15, 0.2) is 42.7 Å². The molecule has 0 spiro atoms. The first-order valence-electron chi connectivity index (χ1n) is 7.35. The molecule has 24 heavy (non-hydrogen) atoms. The molecule has 0 aliphatic carbocycles. The second-order valence-corrected chi connectivity index (χ2v) is 5.46. The van der Waals surface area contributed by atoms with E-state index in [1.807, 2.05) is 12.1 Å². The average molecular weight is 348 g/mol. The van der Waals surface area contributed by atoms with Gasteiger partial charge in [-0.25, -0.2) is 0 Å². The van der Waals surface area contributed by atoms with E-state index in [-0.39, 0.29) is 11.8 Å². The fourth-order valence-corrected chi connectivity index (χ4v) is 2.07. The Bertz CT molecular complexity index is 704. The molecule has 2 amide bonds. The summed E-state index contributed by atoms with van der Waals surface area (Å²) in [5.41, 5.74) is 1.57. The van der Waals surface area contributed by atoms with Crippen LogP contribution in [-0.4, -0.2) is 37.1 Å². The van der Waals surface area contributed by atoms with Crippen molar-refractivity contribution in [1.29, 1.82) is 0 Å². The Morgan fingerprint density at radius 1 is 1.08 bits per heavy atom. The first-order valence-corrected chi connectivity index (χ1v) is 7.73. The van der Waals surface area contributed by atoms with E-state index in [0.29, 0.717) is 35.8 Å². The molecule has 7 heteroatoms. The number of nitrogens with one attached hydrogen (secondary N) is 2. The number of hydrogen-bond donors (Lipinski definition) is 2. The maximum atomic E-state index is 12.2. The Morgan fingerprint density at radius 3 is 2.33 bits per heavy atom. The van der Waals surface area contributed by atoms with Gasteiger partial charge in [0.05, 0.1) is 17.7 Å². The number of halogens is 1. The molecule has 1 aromatic carbocycles. The molecule has 2 aromatic rings. The topological polar surface area (TPSA) is 80.3 Å². The maximum Gasteiger partial charge on any atom is 0.253 e. The van der Waals surface area contributed by atoms with E-state index in [2.05, 4.69) is 15.6 Å². The van der Waals surface area contributed by atoms with Gasteiger partial charge in [0, 0.05) is 37.6 Å². The third-order valence-electron chi connectivity index (χ3n) is 3.22. The molecule has 0 bridgehead atoms. The number of amides is 2. The normalized spacial score (nSPS) is 10.2. The van der Waals surface area contributed by atoms with Gasteiger partial charge >= 0.3 is 0 Å². The van der Waals surface area contributed by atoms with Gasteiger partial charge < -0.3 is 15.4 Å². The van der Waals surface area contributed by atoms with Crippen molar-refractivity contribution in [2.24, 2.45) is 0 Å². The third-order valence-corrected chi connectivity index (χ3v) is 3.47. The molecule has 6 nitrogen and oxygen atoms in total. The van der Waals surface area contributed by atoms with Crippen LogP contribution in [0.4, 0.5) is 0 Å². The summed E-state index contributed by atoms with van der Waals surface area (Å²) in [6.45, 7) is 1.17. The molecule has 0 fully saturated rings. The number of aromatic nitrogens is 1. The first-order chi connectivity index (χ1) is 11.6. The highest BCUT2D eigenvalue weighted by molar-refractivity contribution is 6.30. The third kappa shape index (κ3) is 5.33. The maximum absolute atomic E-state index is 12.2. The molecular formula is C17H18ClN3O3. The SMILES string of the molecule is COCCNC(=O)c1cncc(C(=O)NCc2ccc(Cl)cc2)c1. The van der Waals surface area contributed by atoms with Crippen molar-refractivity contribution in [3.63, 3.8) is 0 Å². The molecule has 1 heterocycles. The summed E-state index contributed by atoms with van der Waals surface area (Å²) in [5, 5.41) is 6.10. The average Bonchev–Trinajstić information content (AvgIpc) is 2.61. The highest BCUT2D eigenvalue weighted by atomic mass is 35.5. The van der Waals surface area contributed by atoms with Crippen LogP contribution in [-0.2, 0) is 11.3 Å². The number of nitrogens with zero attached hydrogens (tertiary/aromatic N) is 1. The van der Waals surface area contributed by atoms with Gasteiger partial charge in [0.15, 0.2) is 0 Å². The summed E-state index contributed by atoms with van der Waals surface area (Å²) < 4.78 is 4.87. The second-order valence-electron chi connectivity index (χ2n) is 5.02. The van der Waals surface area contributed by atoms with Gasteiger partial charge in [-0.05, 0) is 23.8 Å². The predicted octanol–water partition coefficient (Wildman–Crippen LogP) is 2.04. The molecule has 0 radical (unpaired) electrons. The minimum Gasteiger partial charge on any atom is -0.383 e. The van der Waals surface area contributed by atoms with Gasteiger partial charge in [-0.15, -0.1) is 0 Å². The number of carbonyl (C=O) groups is 2. The quantitative estimate of drug-likeness (QED) is 0.751. The van der Waals surface area contributed by atoms with Gasteiger partial charge in [-0.1, -0.05) is 23.7 Å². The van der Waals surface area contributed by atoms with E-state index in [1.54, 1.807) is 19.2 Å². The number of hydrogen-bond acceptors (Lipinski definition) is 4. The summed E-state index contributed by atoms with van der Waals surface area (Å²) in [6.07, 6.45) is 2.83. The largest absolute Gasteiger partial charge is 0.383 e. The highest BCUT2D eigenvalue weighted by Gasteiger charge is 2.11. The summed E-state index contributed by atoms with van der Waals surface area (Å²) in [5.74, 6) is -0.601. The number of rotatable bonds is 7. The molecule has 0 saturated heterocycles. The van der Waals surface area contributed by atoms with Crippen LogP contribution in [0.5, 0.6) is 0 Å². The number of pyridine rings is 1. The van der Waals surface area contributed by atoms with Crippen LogP contribution in [0.2, 0.25) is 5.02 Å². The van der Waals surface area contributed by atoms with Gasteiger partial charge in [0.1, 0.15) is 0 Å². The fraction of sp³-hybridized carbons (Fsp3) is 0.235. The highest BCUT2D eigenvalue weighted by Crippen LogP contribution is 2.09. The Morgan fingerprint density at radius 2 is 1.71 bits per heavy atom. The van der Waals surface area contributed by atoms with E-state index in [0.717, 1.165) is 5.56 Å². The molecule has 0 aliphatic heterocycles. The summed E-state index contributed by atoms with van der Waals surface area (Å²) in [6, 6.07) is 8.69. The van der Waals surface area contributed by atoms with Crippen molar-refractivity contribution >= 4 is 23.4 Å². The van der Waals surface area contributed by atoms with Gasteiger partial charge in [-0.2, -0.15) is 0 Å². The minimum atomic E-state index is -0.302. The molecule has 2 N–H and O–H groups in total. The Kier molecular flexibility index (Phi) is 6.72. The van der Waals surface area contributed by atoms with E-state index < -0.39 is 0 Å². The Balaban J connectivity index is 1.95. The lowest BCUT2D eigenvalue weighted by atomic mass is 10.1. The van der Waals surface area contributed by atoms with Crippen LogP contribution in [0.3, 0.4) is 0 Å². The number of carbonyl (C=O) groups excluding carboxylic acids is 2. The number of methoxy groups -OCH3 is 1. The van der Waals surface area contributed by atoms with Gasteiger partial charge in [0.25, 0.3) is 11.8 Å². The Hall–Kier alpha value is -2.44. The second kappa shape index (κ2) is 9.00. The fourth-order valence-electron chi connectivity index (χ4n) is 1.94. The standard InChI is InChI=1S/C17H18ClN3O3/c1-24-7-6-20-16(22)13-8-14(11-19-10-13)17(23)21-9-12-2-4-15(18)5-3-12/h2-5,8,10-11H,6-7,9H2,1H3,(H,20,22)(H,21,23). The van der Waals surface area contributed by atoms with E-state index in [4.69, 9.17) is 16.3 Å². The number of benzene rings is 1. The Labute approximate surface area is 145 Å². The predicted molar refractivity (Wildman–Crippen MR) is 91.1 cm³/mol. The van der Waals surface area contributed by atoms with Crippen molar-refractivity contribution in [2.45, 2.75) is 6.54 Å². The summed E-state index contributed by atoms with van der Waals surface area (Å²) in [4.78, 5) is 28.1. The molecule has 126 valence electrons. The first kappa shape index (κ1) is 17.9. The molecule has 0 saturated carbocycles. The minimum absolute atomic E-state index is 0.299. The van der Waals surface area contributed by atoms with Crippen molar-refractivity contribution in [2.75, 3.05) is 20.3 Å². The van der Waals surface area contributed by atoms with Gasteiger partial charge in [0.2, 0.25) is 0 Å². The summed E-state index contributed by atoms with van der Waals surface area (Å²) >= 11 is 5.82. The van der Waals surface area contributed by atoms with Crippen molar-refractivity contribution in [3.8, 4) is 0 Å². The smallest absolute Gasteiger partial charge is 0.253 e. The van der Waals surface area contributed by atoms with Crippen molar-refractivity contribution in [3.05, 3.63) is 64.4 Å². The lowest BCUT2D eigenvalue weighted by Crippen LogP contribution is -2.28. The number of ether oxygens (including phenoxy) is 1. The molecule has 2 rings (SSSR count). The van der Waals surface area contributed by atoms with Crippen molar-refractivity contribution < 1.29 is 14.3 Å². The van der Waals surface area contributed by atoms with Crippen LogP contribution >= 0.6 is 11.6 Å². The monoisotopic (exact) mass is 347 g/mol. The molecule has 0 atom stereocenters. The van der Waals surface area contributed by atoms with Gasteiger partial charge in [-0.3, -0.25) is 14.6 Å². The zero-order valence-corrected chi connectivity index (χ0v) is 14.0. The lowest BCUT2D eigenvalue weighted by Gasteiger charge is -2.07. The van der Waals surface area contributed by atoms with Crippen LogP contribution < -0.4 is 10.6 Å². The van der Waals surface area contributed by atoms with Crippen LogP contribution in [0, 0.1) is 0 Å². The zero-order chi connectivity index (χ0) is 17.4. The van der Waals surface area contributed by atoms with Crippen LogP contribution in [0.25, 0.3) is 0 Å². The van der Waals surface area contributed by atoms with E-state index in [9.17, 15) is 9.59 Å². The molecule has 0 unspecified atom stereocenters. The lowest BCUT2D eigenvalue weighted by molar-refractivity contribution is 0.0936. The zero-order valence-electron chi connectivity index (χ0n) is 13.2. The van der Waals surface area contributed by atoms with E-state index in [1.165, 1.54) is 18.5 Å². The van der Waals surface area contributed by atoms with Crippen LogP contribution in [0.1, 0.15) is 26.3 Å². The molecule has 1 aromatic heterocycles. The van der Waals surface area contributed by atoms with E-state index >= 15 is 0 Å². The summed E-state index contributed by atoms with van der Waals surface area (Å²) in [7, 11) is 1.55.